The first-order chi connectivity index (χ1) is 10.8. The van der Waals surface area contributed by atoms with Gasteiger partial charge >= 0.3 is 6.09 Å². The van der Waals surface area contributed by atoms with E-state index >= 15 is 0 Å². The van der Waals surface area contributed by atoms with Gasteiger partial charge in [-0.2, -0.15) is 0 Å². The third-order valence-electron chi connectivity index (χ3n) is 3.69. The molecule has 1 unspecified atom stereocenters. The van der Waals surface area contributed by atoms with E-state index in [2.05, 4.69) is 4.98 Å². The Morgan fingerprint density at radius 1 is 1.35 bits per heavy atom. The lowest BCUT2D eigenvalue weighted by atomic mass is 9.97. The summed E-state index contributed by atoms with van der Waals surface area (Å²) in [6.07, 6.45) is 3.44. The van der Waals surface area contributed by atoms with Gasteiger partial charge in [-0.1, -0.05) is 0 Å². The number of halogens is 1. The molecule has 1 aromatic heterocycles. The summed E-state index contributed by atoms with van der Waals surface area (Å²) in [4.78, 5) is 30.1. The molecule has 0 N–H and O–H groups in total. The van der Waals surface area contributed by atoms with Crippen LogP contribution < -0.4 is 0 Å². The van der Waals surface area contributed by atoms with Crippen LogP contribution in [0.1, 0.15) is 56.9 Å². The number of ketones is 1. The van der Waals surface area contributed by atoms with Crippen molar-refractivity contribution in [2.24, 2.45) is 0 Å². The molecule has 0 saturated carbocycles. The van der Waals surface area contributed by atoms with Crippen LogP contribution in [-0.4, -0.2) is 39.9 Å². The number of ether oxygens (including phenoxy) is 1. The van der Waals surface area contributed by atoms with Crippen LogP contribution in [0.4, 0.5) is 9.18 Å². The van der Waals surface area contributed by atoms with E-state index in [0.29, 0.717) is 6.54 Å². The Kier molecular flexibility index (Phi) is 5.34. The molecule has 0 aromatic carbocycles. The van der Waals surface area contributed by atoms with Gasteiger partial charge in [0.05, 0.1) is 6.20 Å². The molecule has 1 aliphatic heterocycles. The SMILES string of the molecule is CC(C)(C)OC(=O)N1CCCCC1CC(=O)c1ccc(F)cn1. The molecule has 1 saturated heterocycles. The zero-order valence-electron chi connectivity index (χ0n) is 13.8. The van der Waals surface area contributed by atoms with Gasteiger partial charge in [0.25, 0.3) is 0 Å². The number of Topliss-reactive ketones (excluding diaryl/α,β-unsaturated/α-hetero) is 1. The zero-order valence-corrected chi connectivity index (χ0v) is 13.8. The Morgan fingerprint density at radius 2 is 2.09 bits per heavy atom. The number of amides is 1. The molecule has 6 heteroatoms. The van der Waals surface area contributed by atoms with Crippen LogP contribution in [0.25, 0.3) is 0 Å². The summed E-state index contributed by atoms with van der Waals surface area (Å²) in [6.45, 7) is 6.04. The van der Waals surface area contributed by atoms with Crippen LogP contribution in [0.2, 0.25) is 0 Å². The Morgan fingerprint density at radius 3 is 2.70 bits per heavy atom. The summed E-state index contributed by atoms with van der Waals surface area (Å²) in [6, 6.07) is 2.39. The molecule has 126 valence electrons. The number of hydrogen-bond donors (Lipinski definition) is 0. The largest absolute Gasteiger partial charge is 0.444 e. The van der Waals surface area contributed by atoms with E-state index in [1.165, 1.54) is 12.1 Å². The smallest absolute Gasteiger partial charge is 0.410 e. The van der Waals surface area contributed by atoms with E-state index in [0.717, 1.165) is 25.5 Å². The van der Waals surface area contributed by atoms with E-state index in [9.17, 15) is 14.0 Å². The maximum atomic E-state index is 12.9. The van der Waals surface area contributed by atoms with E-state index in [4.69, 9.17) is 4.74 Å². The van der Waals surface area contributed by atoms with Crippen molar-refractivity contribution < 1.29 is 18.7 Å². The molecule has 23 heavy (non-hydrogen) atoms. The monoisotopic (exact) mass is 322 g/mol. The number of carbonyl (C=O) groups excluding carboxylic acids is 2. The van der Waals surface area contributed by atoms with E-state index < -0.39 is 11.4 Å². The van der Waals surface area contributed by atoms with Gasteiger partial charge in [-0.15, -0.1) is 0 Å². The van der Waals surface area contributed by atoms with Crippen molar-refractivity contribution in [1.29, 1.82) is 0 Å². The standard InChI is InChI=1S/C17H23FN2O3/c1-17(2,3)23-16(22)20-9-5-4-6-13(20)10-15(21)14-8-7-12(18)11-19-14/h7-8,11,13H,4-6,9-10H2,1-3H3. The van der Waals surface area contributed by atoms with Gasteiger partial charge in [0.1, 0.15) is 17.1 Å². The van der Waals surface area contributed by atoms with Gasteiger partial charge in [-0.3, -0.25) is 9.78 Å². The number of hydrogen-bond acceptors (Lipinski definition) is 4. The predicted octanol–water partition coefficient (Wildman–Crippen LogP) is 3.58. The van der Waals surface area contributed by atoms with Crippen LogP contribution >= 0.6 is 0 Å². The average molecular weight is 322 g/mol. The third-order valence-corrected chi connectivity index (χ3v) is 3.69. The number of aromatic nitrogens is 1. The number of nitrogens with zero attached hydrogens (tertiary/aromatic N) is 2. The van der Waals surface area contributed by atoms with Crippen LogP contribution in [0.3, 0.4) is 0 Å². The van der Waals surface area contributed by atoms with E-state index in [-0.39, 0.29) is 30.0 Å². The molecular weight excluding hydrogens is 299 g/mol. The summed E-state index contributed by atoms with van der Waals surface area (Å²) in [7, 11) is 0. The Hall–Kier alpha value is -1.98. The molecule has 5 nitrogen and oxygen atoms in total. The summed E-state index contributed by atoms with van der Waals surface area (Å²) in [5.74, 6) is -0.667. The molecule has 2 heterocycles. The molecular formula is C17H23FN2O3. The fourth-order valence-corrected chi connectivity index (χ4v) is 2.63. The van der Waals surface area contributed by atoms with Gasteiger partial charge in [0.15, 0.2) is 5.78 Å². The lowest BCUT2D eigenvalue weighted by molar-refractivity contribution is 0.00944. The second kappa shape index (κ2) is 7.06. The minimum absolute atomic E-state index is 0.178. The van der Waals surface area contributed by atoms with Crippen LogP contribution in [0.15, 0.2) is 18.3 Å². The van der Waals surface area contributed by atoms with E-state index in [1.807, 2.05) is 20.8 Å². The molecule has 0 spiro atoms. The molecule has 1 fully saturated rings. The molecule has 0 aliphatic carbocycles. The second-order valence-electron chi connectivity index (χ2n) is 6.81. The number of piperidine rings is 1. The van der Waals surface area contributed by atoms with Gasteiger partial charge < -0.3 is 9.64 Å². The minimum Gasteiger partial charge on any atom is -0.444 e. The fraction of sp³-hybridized carbons (Fsp3) is 0.588. The van der Waals surface area contributed by atoms with Crippen molar-refractivity contribution in [1.82, 2.24) is 9.88 Å². The van der Waals surface area contributed by atoms with Crippen molar-refractivity contribution in [2.75, 3.05) is 6.54 Å². The summed E-state index contributed by atoms with van der Waals surface area (Å²) >= 11 is 0. The van der Waals surface area contributed by atoms with Gasteiger partial charge in [0, 0.05) is 19.0 Å². The predicted molar refractivity (Wildman–Crippen MR) is 83.7 cm³/mol. The number of pyridine rings is 1. The van der Waals surface area contributed by atoms with Crippen molar-refractivity contribution in [3.63, 3.8) is 0 Å². The number of rotatable bonds is 3. The van der Waals surface area contributed by atoms with Crippen molar-refractivity contribution in [3.05, 3.63) is 29.8 Å². The molecule has 0 bridgehead atoms. The first-order valence-electron chi connectivity index (χ1n) is 7.90. The normalized spacial score (nSPS) is 18.6. The first kappa shape index (κ1) is 17.4. The summed E-state index contributed by atoms with van der Waals surface area (Å²) in [5, 5.41) is 0. The quantitative estimate of drug-likeness (QED) is 0.798. The van der Waals surface area contributed by atoms with Crippen molar-refractivity contribution in [2.45, 2.75) is 58.1 Å². The van der Waals surface area contributed by atoms with Crippen molar-refractivity contribution >= 4 is 11.9 Å². The highest BCUT2D eigenvalue weighted by Gasteiger charge is 2.32. The summed E-state index contributed by atoms with van der Waals surface area (Å²) < 4.78 is 18.3. The van der Waals surface area contributed by atoms with Crippen LogP contribution in [0.5, 0.6) is 0 Å². The highest BCUT2D eigenvalue weighted by molar-refractivity contribution is 5.94. The first-order valence-corrected chi connectivity index (χ1v) is 7.90. The maximum Gasteiger partial charge on any atom is 0.410 e. The Balaban J connectivity index is 2.04. The highest BCUT2D eigenvalue weighted by atomic mass is 19.1. The van der Waals surface area contributed by atoms with Gasteiger partial charge in [-0.05, 0) is 52.2 Å². The van der Waals surface area contributed by atoms with Crippen molar-refractivity contribution in [3.8, 4) is 0 Å². The van der Waals surface area contributed by atoms with Gasteiger partial charge in [0.2, 0.25) is 0 Å². The lowest BCUT2D eigenvalue weighted by Crippen LogP contribution is -2.47. The Bertz CT molecular complexity index is 566. The maximum absolute atomic E-state index is 12.9. The lowest BCUT2D eigenvalue weighted by Gasteiger charge is -2.36. The third kappa shape index (κ3) is 5.01. The minimum atomic E-state index is -0.568. The molecule has 1 amide bonds. The Labute approximate surface area is 135 Å². The number of carbonyl (C=O) groups is 2. The fourth-order valence-electron chi connectivity index (χ4n) is 2.63. The topological polar surface area (TPSA) is 59.5 Å². The second-order valence-corrected chi connectivity index (χ2v) is 6.81. The van der Waals surface area contributed by atoms with Gasteiger partial charge in [-0.25, -0.2) is 9.18 Å². The number of likely N-dealkylation sites (tertiary alicyclic amines) is 1. The van der Waals surface area contributed by atoms with E-state index in [1.54, 1.807) is 4.90 Å². The highest BCUT2D eigenvalue weighted by Crippen LogP contribution is 2.23. The van der Waals surface area contributed by atoms with Crippen LogP contribution in [-0.2, 0) is 4.74 Å². The summed E-state index contributed by atoms with van der Waals surface area (Å²) in [5.41, 5.74) is -0.345. The molecule has 1 aromatic rings. The average Bonchev–Trinajstić information content (AvgIpc) is 2.46. The molecule has 2 rings (SSSR count). The van der Waals surface area contributed by atoms with Crippen LogP contribution in [0, 0.1) is 5.82 Å². The molecule has 0 radical (unpaired) electrons. The molecule has 1 atom stereocenters. The zero-order chi connectivity index (χ0) is 17.0. The molecule has 1 aliphatic rings.